The fraction of sp³-hybridized carbons (Fsp3) is 0.600. The Morgan fingerprint density at radius 2 is 2.36 bits per heavy atom. The quantitative estimate of drug-likeness (QED) is 0.802. The maximum atomic E-state index is 4.29. The lowest BCUT2D eigenvalue weighted by atomic mass is 10.3. The van der Waals surface area contributed by atoms with Gasteiger partial charge in [0.2, 0.25) is 0 Å². The van der Waals surface area contributed by atoms with Crippen LogP contribution in [0.4, 0.5) is 5.82 Å². The molecule has 1 aromatic rings. The summed E-state index contributed by atoms with van der Waals surface area (Å²) in [6.07, 6.45) is 4.84. The monoisotopic (exact) mass is 303 g/mol. The van der Waals surface area contributed by atoms with Crippen molar-refractivity contribution in [2.75, 3.05) is 18.5 Å². The second kappa shape index (κ2) is 4.00. The van der Waals surface area contributed by atoms with Gasteiger partial charge < -0.3 is 4.90 Å². The lowest BCUT2D eigenvalue weighted by Crippen LogP contribution is -2.22. The summed E-state index contributed by atoms with van der Waals surface area (Å²) in [5.74, 6) is 2.82. The number of halogens is 1. The van der Waals surface area contributed by atoms with Crippen molar-refractivity contribution in [3.05, 3.63) is 16.1 Å². The van der Waals surface area contributed by atoms with Crippen LogP contribution in [0.25, 0.3) is 0 Å². The molecule has 2 unspecified atom stereocenters. The summed E-state index contributed by atoms with van der Waals surface area (Å²) in [6, 6.07) is 0. The Bertz CT molecular complexity index is 329. The van der Waals surface area contributed by atoms with Crippen molar-refractivity contribution in [1.29, 1.82) is 0 Å². The van der Waals surface area contributed by atoms with E-state index in [2.05, 4.69) is 51.4 Å². The largest absolute Gasteiger partial charge is 0.358 e. The zero-order valence-corrected chi connectivity index (χ0v) is 10.6. The van der Waals surface area contributed by atoms with Gasteiger partial charge in [-0.05, 0) is 40.8 Å². The first-order valence-corrected chi connectivity index (χ1v) is 5.93. The summed E-state index contributed by atoms with van der Waals surface area (Å²) >= 11 is 2.28. The van der Waals surface area contributed by atoms with Crippen LogP contribution >= 0.6 is 22.6 Å². The molecule has 14 heavy (non-hydrogen) atoms. The van der Waals surface area contributed by atoms with Gasteiger partial charge in [-0.2, -0.15) is 0 Å². The van der Waals surface area contributed by atoms with Crippen LogP contribution in [0.5, 0.6) is 0 Å². The maximum Gasteiger partial charge on any atom is 0.145 e. The molecule has 0 aromatic carbocycles. The first-order valence-electron chi connectivity index (χ1n) is 4.85. The summed E-state index contributed by atoms with van der Waals surface area (Å²) in [5.41, 5.74) is 0. The third kappa shape index (κ3) is 2.16. The minimum Gasteiger partial charge on any atom is -0.358 e. The lowest BCUT2D eigenvalue weighted by Gasteiger charge is -2.18. The zero-order valence-electron chi connectivity index (χ0n) is 8.44. The van der Waals surface area contributed by atoms with E-state index in [9.17, 15) is 0 Å². The second-order valence-corrected chi connectivity index (χ2v) is 5.21. The van der Waals surface area contributed by atoms with Gasteiger partial charge in [-0.3, -0.25) is 0 Å². The molecule has 0 amide bonds. The highest BCUT2D eigenvalue weighted by Crippen LogP contribution is 2.38. The minimum absolute atomic E-state index is 0.866. The van der Waals surface area contributed by atoms with Crippen LogP contribution in [0.1, 0.15) is 13.3 Å². The fourth-order valence-corrected chi connectivity index (χ4v) is 2.39. The Morgan fingerprint density at radius 3 is 2.93 bits per heavy atom. The van der Waals surface area contributed by atoms with Crippen LogP contribution in [-0.2, 0) is 0 Å². The molecule has 0 saturated heterocycles. The molecule has 1 aromatic heterocycles. The van der Waals surface area contributed by atoms with Crippen LogP contribution in [0, 0.1) is 15.4 Å². The van der Waals surface area contributed by atoms with E-state index < -0.39 is 0 Å². The van der Waals surface area contributed by atoms with Crippen LogP contribution < -0.4 is 4.90 Å². The molecule has 1 heterocycles. The second-order valence-electron chi connectivity index (χ2n) is 4.05. The van der Waals surface area contributed by atoms with E-state index >= 15 is 0 Å². The number of nitrogens with zero attached hydrogens (tertiary/aromatic N) is 3. The van der Waals surface area contributed by atoms with E-state index in [0.29, 0.717) is 0 Å². The van der Waals surface area contributed by atoms with Gasteiger partial charge in [-0.1, -0.05) is 6.92 Å². The first-order chi connectivity index (χ1) is 6.68. The molecule has 1 saturated carbocycles. The summed E-state index contributed by atoms with van der Waals surface area (Å²) in [7, 11) is 2.11. The summed E-state index contributed by atoms with van der Waals surface area (Å²) in [6.45, 7) is 3.43. The molecule has 0 bridgehead atoms. The number of hydrogen-bond acceptors (Lipinski definition) is 3. The van der Waals surface area contributed by atoms with Crippen LogP contribution in [0.2, 0.25) is 0 Å². The van der Waals surface area contributed by atoms with Crippen LogP contribution in [0.15, 0.2) is 12.5 Å². The Morgan fingerprint density at radius 1 is 1.64 bits per heavy atom. The highest BCUT2D eigenvalue weighted by Gasteiger charge is 2.33. The van der Waals surface area contributed by atoms with E-state index in [1.165, 1.54) is 6.42 Å². The zero-order chi connectivity index (χ0) is 10.1. The normalized spacial score (nSPS) is 24.8. The van der Waals surface area contributed by atoms with Crippen LogP contribution in [-0.4, -0.2) is 23.6 Å². The summed E-state index contributed by atoms with van der Waals surface area (Å²) in [5, 5.41) is 0. The van der Waals surface area contributed by atoms with Crippen molar-refractivity contribution in [3.63, 3.8) is 0 Å². The molecule has 1 aliphatic carbocycles. The van der Waals surface area contributed by atoms with Gasteiger partial charge in [0.25, 0.3) is 0 Å². The van der Waals surface area contributed by atoms with Crippen molar-refractivity contribution < 1.29 is 0 Å². The third-order valence-corrected chi connectivity index (χ3v) is 3.56. The molecule has 76 valence electrons. The number of aromatic nitrogens is 2. The molecule has 1 fully saturated rings. The Hall–Kier alpha value is -0.390. The van der Waals surface area contributed by atoms with Gasteiger partial charge in [-0.15, -0.1) is 0 Å². The molecule has 0 spiro atoms. The van der Waals surface area contributed by atoms with E-state index in [0.717, 1.165) is 27.8 Å². The first kappa shape index (κ1) is 10.1. The number of hydrogen-bond donors (Lipinski definition) is 0. The molecule has 3 nitrogen and oxygen atoms in total. The van der Waals surface area contributed by atoms with Crippen molar-refractivity contribution in [3.8, 4) is 0 Å². The van der Waals surface area contributed by atoms with Gasteiger partial charge in [0.1, 0.15) is 12.1 Å². The average Bonchev–Trinajstić information content (AvgIpc) is 2.82. The van der Waals surface area contributed by atoms with Gasteiger partial charge in [0, 0.05) is 19.8 Å². The smallest absolute Gasteiger partial charge is 0.145 e. The highest BCUT2D eigenvalue weighted by molar-refractivity contribution is 14.1. The Kier molecular flexibility index (Phi) is 2.90. The summed E-state index contributed by atoms with van der Waals surface area (Å²) in [4.78, 5) is 10.5. The highest BCUT2D eigenvalue weighted by atomic mass is 127. The standard InChI is InChI=1S/C10H14IN3/c1-7-3-8(7)5-14(2)10-9(11)4-12-6-13-10/h4,6-8H,3,5H2,1-2H3. The van der Waals surface area contributed by atoms with Crippen molar-refractivity contribution >= 4 is 28.4 Å². The predicted octanol–water partition coefficient (Wildman–Crippen LogP) is 2.17. The molecule has 0 radical (unpaired) electrons. The third-order valence-electron chi connectivity index (χ3n) is 2.79. The average molecular weight is 303 g/mol. The van der Waals surface area contributed by atoms with E-state index in [1.54, 1.807) is 6.33 Å². The van der Waals surface area contributed by atoms with Crippen LogP contribution in [0.3, 0.4) is 0 Å². The molecule has 0 aliphatic heterocycles. The lowest BCUT2D eigenvalue weighted by molar-refractivity contribution is 0.717. The van der Waals surface area contributed by atoms with Gasteiger partial charge >= 0.3 is 0 Å². The Labute approximate surface area is 98.1 Å². The van der Waals surface area contributed by atoms with Gasteiger partial charge in [-0.25, -0.2) is 9.97 Å². The van der Waals surface area contributed by atoms with E-state index in [4.69, 9.17) is 0 Å². The molecule has 2 atom stereocenters. The molecule has 4 heteroatoms. The SMILES string of the molecule is CC1CC1CN(C)c1ncncc1I. The topological polar surface area (TPSA) is 29.0 Å². The van der Waals surface area contributed by atoms with Crippen molar-refractivity contribution in [2.24, 2.45) is 11.8 Å². The molecule has 2 rings (SSSR count). The van der Waals surface area contributed by atoms with Gasteiger partial charge in [0.15, 0.2) is 0 Å². The van der Waals surface area contributed by atoms with Crippen molar-refractivity contribution in [1.82, 2.24) is 9.97 Å². The molecular formula is C10H14IN3. The number of anilines is 1. The fourth-order valence-electron chi connectivity index (χ4n) is 1.68. The molecule has 0 N–H and O–H groups in total. The van der Waals surface area contributed by atoms with Crippen molar-refractivity contribution in [2.45, 2.75) is 13.3 Å². The minimum atomic E-state index is 0.866. The van der Waals surface area contributed by atoms with E-state index in [1.807, 2.05) is 6.20 Å². The maximum absolute atomic E-state index is 4.29. The van der Waals surface area contributed by atoms with Gasteiger partial charge in [0.05, 0.1) is 3.57 Å². The number of rotatable bonds is 3. The summed E-state index contributed by atoms with van der Waals surface area (Å²) < 4.78 is 1.13. The van der Waals surface area contributed by atoms with E-state index in [-0.39, 0.29) is 0 Å². The predicted molar refractivity (Wildman–Crippen MR) is 65.3 cm³/mol. The molecule has 1 aliphatic rings. The molecular weight excluding hydrogens is 289 g/mol. The Balaban J connectivity index is 2.03.